The minimum Gasteiger partial charge on any atom is -0.480 e. The van der Waals surface area contributed by atoms with Gasteiger partial charge in [0.2, 0.25) is 10.0 Å². The first-order chi connectivity index (χ1) is 7.33. The van der Waals surface area contributed by atoms with E-state index in [2.05, 4.69) is 9.71 Å². The van der Waals surface area contributed by atoms with Gasteiger partial charge in [0, 0.05) is 11.1 Å². The van der Waals surface area contributed by atoms with Crippen LogP contribution in [0.25, 0.3) is 0 Å². The monoisotopic (exact) mass is 266 g/mol. The Hall–Kier alpha value is -1.19. The van der Waals surface area contributed by atoms with Crippen molar-refractivity contribution in [2.75, 3.05) is 0 Å². The number of sulfonamides is 1. The largest absolute Gasteiger partial charge is 0.480 e. The molecule has 0 saturated heterocycles. The molecule has 0 fully saturated rings. The summed E-state index contributed by atoms with van der Waals surface area (Å²) in [7, 11) is -3.92. The smallest absolute Gasteiger partial charge is 0.323 e. The second kappa shape index (κ2) is 4.76. The zero-order valence-corrected chi connectivity index (χ0v) is 9.89. The molecule has 1 unspecified atom stereocenters. The fourth-order valence-corrected chi connectivity index (χ4v) is 2.29. The van der Waals surface area contributed by atoms with E-state index in [4.69, 9.17) is 5.11 Å². The van der Waals surface area contributed by atoms with E-state index in [0.717, 1.165) is 18.3 Å². The van der Waals surface area contributed by atoms with Crippen LogP contribution in [0.15, 0.2) is 10.2 Å². The van der Waals surface area contributed by atoms with Crippen LogP contribution in [0.1, 0.15) is 12.6 Å². The van der Waals surface area contributed by atoms with Crippen molar-refractivity contribution < 1.29 is 18.3 Å². The van der Waals surface area contributed by atoms with E-state index in [-0.39, 0.29) is 11.4 Å². The van der Waals surface area contributed by atoms with Crippen LogP contribution in [0, 0.1) is 0 Å². The first kappa shape index (κ1) is 12.9. The fraction of sp³-hybridized carbons (Fsp3) is 0.429. The molecule has 16 heavy (non-hydrogen) atoms. The van der Waals surface area contributed by atoms with Gasteiger partial charge in [0.15, 0.2) is 5.25 Å². The quantitative estimate of drug-likeness (QED) is 0.653. The summed E-state index contributed by atoms with van der Waals surface area (Å²) in [5.41, 5.74) is 0.399. The van der Waals surface area contributed by atoms with Crippen LogP contribution in [0.5, 0.6) is 0 Å². The van der Waals surface area contributed by atoms with Crippen molar-refractivity contribution in [3.8, 4) is 0 Å². The van der Waals surface area contributed by atoms with Gasteiger partial charge < -0.3 is 10.1 Å². The van der Waals surface area contributed by atoms with Crippen LogP contribution >= 0.6 is 11.3 Å². The van der Waals surface area contributed by atoms with Crippen LogP contribution in [0.4, 0.5) is 0 Å². The molecule has 1 aromatic rings. The summed E-state index contributed by atoms with van der Waals surface area (Å²) in [5.74, 6) is -1.42. The number of hydrogen-bond donors (Lipinski definition) is 3. The van der Waals surface area contributed by atoms with Gasteiger partial charge >= 0.3 is 10.8 Å². The molecule has 1 atom stereocenters. The van der Waals surface area contributed by atoms with Gasteiger partial charge in [0.1, 0.15) is 0 Å². The molecule has 1 rings (SSSR count). The average molecular weight is 266 g/mol. The number of aliphatic carboxylic acids is 1. The van der Waals surface area contributed by atoms with Crippen LogP contribution in [0.3, 0.4) is 0 Å². The molecule has 9 heteroatoms. The summed E-state index contributed by atoms with van der Waals surface area (Å²) in [6, 6.07) is 0. The molecular formula is C7H10N2O5S2. The molecule has 0 spiro atoms. The van der Waals surface area contributed by atoms with Crippen molar-refractivity contribution >= 4 is 27.3 Å². The van der Waals surface area contributed by atoms with E-state index in [1.165, 1.54) is 5.38 Å². The van der Waals surface area contributed by atoms with Crippen LogP contribution in [-0.2, 0) is 21.4 Å². The maximum absolute atomic E-state index is 11.4. The van der Waals surface area contributed by atoms with Crippen molar-refractivity contribution in [3.63, 3.8) is 0 Å². The maximum atomic E-state index is 11.4. The lowest BCUT2D eigenvalue weighted by Crippen LogP contribution is -2.37. The zero-order chi connectivity index (χ0) is 12.3. The summed E-state index contributed by atoms with van der Waals surface area (Å²) < 4.78 is 24.8. The molecule has 0 aliphatic rings. The van der Waals surface area contributed by atoms with Crippen molar-refractivity contribution in [1.82, 2.24) is 9.71 Å². The van der Waals surface area contributed by atoms with E-state index < -0.39 is 21.2 Å². The summed E-state index contributed by atoms with van der Waals surface area (Å²) >= 11 is 0.907. The van der Waals surface area contributed by atoms with Crippen LogP contribution in [-0.4, -0.2) is 29.7 Å². The second-order valence-electron chi connectivity index (χ2n) is 3.02. The third kappa shape index (κ3) is 3.15. The first-order valence-electron chi connectivity index (χ1n) is 4.21. The number of carboxylic acids is 1. The van der Waals surface area contributed by atoms with Gasteiger partial charge in [-0.1, -0.05) is 11.3 Å². The maximum Gasteiger partial charge on any atom is 0.323 e. The molecule has 1 aromatic heterocycles. The summed E-state index contributed by atoms with van der Waals surface area (Å²) in [6.45, 7) is 0.944. The number of nitrogens with one attached hydrogen (secondary N) is 2. The van der Waals surface area contributed by atoms with Gasteiger partial charge in [0.25, 0.3) is 0 Å². The van der Waals surface area contributed by atoms with Crippen LogP contribution < -0.4 is 9.60 Å². The molecule has 90 valence electrons. The highest BCUT2D eigenvalue weighted by molar-refractivity contribution is 7.90. The van der Waals surface area contributed by atoms with E-state index in [0.29, 0.717) is 5.69 Å². The van der Waals surface area contributed by atoms with Gasteiger partial charge in [-0.25, -0.2) is 13.1 Å². The molecule has 0 aromatic carbocycles. The third-order valence-electron chi connectivity index (χ3n) is 1.85. The van der Waals surface area contributed by atoms with E-state index in [1.807, 2.05) is 0 Å². The lowest BCUT2D eigenvalue weighted by atomic mass is 10.5. The summed E-state index contributed by atoms with van der Waals surface area (Å²) in [4.78, 5) is 23.3. The molecule has 3 N–H and O–H groups in total. The van der Waals surface area contributed by atoms with E-state index in [9.17, 15) is 18.0 Å². The Balaban J connectivity index is 2.68. The van der Waals surface area contributed by atoms with E-state index >= 15 is 0 Å². The zero-order valence-electron chi connectivity index (χ0n) is 8.26. The van der Waals surface area contributed by atoms with Gasteiger partial charge in [-0.2, -0.15) is 0 Å². The topological polar surface area (TPSA) is 116 Å². The molecule has 1 heterocycles. The van der Waals surface area contributed by atoms with Crippen molar-refractivity contribution in [1.29, 1.82) is 0 Å². The minimum absolute atomic E-state index is 0.126. The molecule has 0 aliphatic carbocycles. The number of rotatable bonds is 5. The SMILES string of the molecule is CC(C(=O)O)S(=O)(=O)NCc1csc(=O)[nH]1. The Morgan fingerprint density at radius 2 is 2.31 bits per heavy atom. The minimum atomic E-state index is -3.92. The molecule has 0 bridgehead atoms. The first-order valence-corrected chi connectivity index (χ1v) is 6.63. The number of H-pyrrole nitrogens is 1. The molecule has 0 saturated carbocycles. The Bertz CT molecular complexity index is 529. The Morgan fingerprint density at radius 1 is 1.69 bits per heavy atom. The highest BCUT2D eigenvalue weighted by Gasteiger charge is 2.27. The summed E-state index contributed by atoms with van der Waals surface area (Å²) in [5, 5.41) is 8.48. The van der Waals surface area contributed by atoms with Crippen molar-refractivity contribution in [2.45, 2.75) is 18.7 Å². The predicted octanol–water partition coefficient (Wildman–Crippen LogP) is -0.671. The number of carboxylic acid groups (broad SMARTS) is 1. The average Bonchev–Trinajstić information content (AvgIpc) is 2.60. The predicted molar refractivity (Wildman–Crippen MR) is 57.8 cm³/mol. The molecule has 0 radical (unpaired) electrons. The van der Waals surface area contributed by atoms with Gasteiger partial charge in [0.05, 0.1) is 6.54 Å². The Kier molecular flexibility index (Phi) is 3.83. The Labute approximate surface area is 95.2 Å². The van der Waals surface area contributed by atoms with Crippen LogP contribution in [0.2, 0.25) is 0 Å². The second-order valence-corrected chi connectivity index (χ2v) is 5.95. The van der Waals surface area contributed by atoms with E-state index in [1.54, 1.807) is 0 Å². The normalized spacial score (nSPS) is 13.6. The highest BCUT2D eigenvalue weighted by Crippen LogP contribution is 2.01. The molecular weight excluding hydrogens is 256 g/mol. The van der Waals surface area contributed by atoms with Crippen molar-refractivity contribution in [3.05, 3.63) is 20.7 Å². The highest BCUT2D eigenvalue weighted by atomic mass is 32.2. The molecule has 0 aliphatic heterocycles. The standard InChI is InChI=1S/C7H10N2O5S2/c1-4(6(10)11)16(13,14)8-2-5-3-15-7(12)9-5/h3-4,8H,2H2,1H3,(H,9,12)(H,10,11). The summed E-state index contributed by atoms with van der Waals surface area (Å²) in [6.07, 6.45) is 0. The lowest BCUT2D eigenvalue weighted by molar-refractivity contribution is -0.136. The molecule has 7 nitrogen and oxygen atoms in total. The van der Waals surface area contributed by atoms with Gasteiger partial charge in [-0.3, -0.25) is 9.59 Å². The lowest BCUT2D eigenvalue weighted by Gasteiger charge is -2.08. The molecule has 0 amide bonds. The Morgan fingerprint density at radius 3 is 2.75 bits per heavy atom. The van der Waals surface area contributed by atoms with Gasteiger partial charge in [-0.15, -0.1) is 0 Å². The third-order valence-corrected chi connectivity index (χ3v) is 4.25. The number of aromatic nitrogens is 1. The number of hydrogen-bond acceptors (Lipinski definition) is 5. The number of thiazole rings is 1. The number of carbonyl (C=O) groups is 1. The van der Waals surface area contributed by atoms with Crippen molar-refractivity contribution in [2.24, 2.45) is 0 Å². The number of aromatic amines is 1. The van der Waals surface area contributed by atoms with Gasteiger partial charge in [-0.05, 0) is 6.92 Å². The fourth-order valence-electron chi connectivity index (χ4n) is 0.837.